The number of nitrogens with zero attached hydrogens (tertiary/aromatic N) is 1. The standard InChI is InChI=1S/C19H18N2O3S/c22-17(15-10-3-4-11(7-10)16(15)19(23)24)20-12-5-6-13-14(8-12)25-18(21-13)9-1-2-9/h3-6,8-11,15-16H,1-2,7H2,(H,20,22)(H,23,24). The van der Waals surface area contributed by atoms with Crippen molar-refractivity contribution in [2.45, 2.75) is 25.2 Å². The molecule has 4 unspecified atom stereocenters. The Morgan fingerprint density at radius 2 is 1.92 bits per heavy atom. The molecule has 5 nitrogen and oxygen atoms in total. The van der Waals surface area contributed by atoms with Crippen LogP contribution in [0.3, 0.4) is 0 Å². The fourth-order valence-electron chi connectivity index (χ4n) is 4.27. The summed E-state index contributed by atoms with van der Waals surface area (Å²) in [6.45, 7) is 0. The summed E-state index contributed by atoms with van der Waals surface area (Å²) in [7, 11) is 0. The third-order valence-electron chi connectivity index (χ3n) is 5.65. The molecule has 25 heavy (non-hydrogen) atoms. The van der Waals surface area contributed by atoms with Crippen LogP contribution in [0.5, 0.6) is 0 Å². The second kappa shape index (κ2) is 5.39. The SMILES string of the molecule is O=C(O)C1C2C=CC(C2)C1C(=O)Nc1ccc2nc(C3CC3)sc2c1. The van der Waals surface area contributed by atoms with Gasteiger partial charge in [-0.25, -0.2) is 4.98 Å². The molecule has 5 rings (SSSR count). The van der Waals surface area contributed by atoms with E-state index in [2.05, 4.69) is 10.3 Å². The fourth-order valence-corrected chi connectivity index (χ4v) is 5.44. The van der Waals surface area contributed by atoms with Gasteiger partial charge in [-0.1, -0.05) is 12.2 Å². The highest BCUT2D eigenvalue weighted by Crippen LogP contribution is 2.48. The third-order valence-corrected chi connectivity index (χ3v) is 6.83. The van der Waals surface area contributed by atoms with Crippen molar-refractivity contribution in [3.63, 3.8) is 0 Å². The van der Waals surface area contributed by atoms with Crippen LogP contribution in [-0.2, 0) is 9.59 Å². The molecule has 3 aliphatic rings. The summed E-state index contributed by atoms with van der Waals surface area (Å²) in [5.74, 6) is -1.49. The van der Waals surface area contributed by atoms with E-state index in [1.165, 1.54) is 17.8 Å². The molecule has 1 heterocycles. The largest absolute Gasteiger partial charge is 0.481 e. The summed E-state index contributed by atoms with van der Waals surface area (Å²) < 4.78 is 1.07. The molecule has 2 N–H and O–H groups in total. The highest BCUT2D eigenvalue weighted by atomic mass is 32.1. The summed E-state index contributed by atoms with van der Waals surface area (Å²) in [6.07, 6.45) is 7.17. The summed E-state index contributed by atoms with van der Waals surface area (Å²) in [5, 5.41) is 13.6. The maximum absolute atomic E-state index is 12.8. The van der Waals surface area contributed by atoms with Gasteiger partial charge in [0.2, 0.25) is 5.91 Å². The smallest absolute Gasteiger partial charge is 0.307 e. The maximum atomic E-state index is 12.8. The van der Waals surface area contributed by atoms with Crippen LogP contribution in [-0.4, -0.2) is 22.0 Å². The molecule has 6 heteroatoms. The van der Waals surface area contributed by atoms with Gasteiger partial charge >= 0.3 is 5.97 Å². The number of amides is 1. The molecule has 2 fully saturated rings. The number of rotatable bonds is 4. The summed E-state index contributed by atoms with van der Waals surface area (Å²) in [4.78, 5) is 29.0. The molecule has 1 aromatic heterocycles. The van der Waals surface area contributed by atoms with Gasteiger partial charge in [0.1, 0.15) is 0 Å². The lowest BCUT2D eigenvalue weighted by atomic mass is 9.82. The average Bonchev–Trinajstić information content (AvgIpc) is 3.04. The number of carboxylic acids is 1. The van der Waals surface area contributed by atoms with Crippen molar-refractivity contribution in [1.29, 1.82) is 0 Å². The Hall–Kier alpha value is -2.21. The molecule has 1 aromatic carbocycles. The van der Waals surface area contributed by atoms with E-state index >= 15 is 0 Å². The number of aliphatic carboxylic acids is 1. The molecular weight excluding hydrogens is 336 g/mol. The number of allylic oxidation sites excluding steroid dienone is 2. The maximum Gasteiger partial charge on any atom is 0.307 e. The summed E-state index contributed by atoms with van der Waals surface area (Å²) in [6, 6.07) is 5.74. The Labute approximate surface area is 148 Å². The molecule has 0 radical (unpaired) electrons. The van der Waals surface area contributed by atoms with E-state index in [-0.39, 0.29) is 17.7 Å². The zero-order valence-electron chi connectivity index (χ0n) is 13.5. The topological polar surface area (TPSA) is 79.3 Å². The molecule has 2 aromatic rings. The van der Waals surface area contributed by atoms with E-state index in [1.807, 2.05) is 30.4 Å². The predicted molar refractivity (Wildman–Crippen MR) is 95.6 cm³/mol. The number of anilines is 1. The van der Waals surface area contributed by atoms with Crippen LogP contribution in [0.1, 0.15) is 30.2 Å². The van der Waals surface area contributed by atoms with Gasteiger partial charge in [0.05, 0.1) is 27.1 Å². The van der Waals surface area contributed by atoms with Crippen LogP contribution in [0.4, 0.5) is 5.69 Å². The van der Waals surface area contributed by atoms with Gasteiger partial charge in [-0.2, -0.15) is 0 Å². The Morgan fingerprint density at radius 1 is 1.16 bits per heavy atom. The van der Waals surface area contributed by atoms with Crippen molar-refractivity contribution in [1.82, 2.24) is 4.98 Å². The molecule has 4 atom stereocenters. The van der Waals surface area contributed by atoms with E-state index in [4.69, 9.17) is 0 Å². The molecule has 2 saturated carbocycles. The van der Waals surface area contributed by atoms with Crippen LogP contribution in [0.2, 0.25) is 0 Å². The number of hydrogen-bond donors (Lipinski definition) is 2. The van der Waals surface area contributed by atoms with Crippen molar-refractivity contribution in [2.24, 2.45) is 23.7 Å². The molecule has 1 amide bonds. The number of carboxylic acid groups (broad SMARTS) is 1. The molecule has 0 spiro atoms. The summed E-state index contributed by atoms with van der Waals surface area (Å²) in [5.41, 5.74) is 1.69. The lowest BCUT2D eigenvalue weighted by Crippen LogP contribution is -2.36. The van der Waals surface area contributed by atoms with Crippen molar-refractivity contribution >= 4 is 39.1 Å². The van der Waals surface area contributed by atoms with Crippen LogP contribution in [0.25, 0.3) is 10.2 Å². The van der Waals surface area contributed by atoms with E-state index in [9.17, 15) is 14.7 Å². The number of benzene rings is 1. The van der Waals surface area contributed by atoms with E-state index < -0.39 is 17.8 Å². The number of thiazole rings is 1. The first kappa shape index (κ1) is 15.1. The Morgan fingerprint density at radius 3 is 2.64 bits per heavy atom. The molecule has 128 valence electrons. The van der Waals surface area contributed by atoms with Gasteiger partial charge in [0.15, 0.2) is 0 Å². The van der Waals surface area contributed by atoms with Gasteiger partial charge < -0.3 is 10.4 Å². The van der Waals surface area contributed by atoms with Crippen LogP contribution >= 0.6 is 11.3 Å². The minimum atomic E-state index is -0.871. The van der Waals surface area contributed by atoms with Crippen molar-refractivity contribution in [2.75, 3.05) is 5.32 Å². The zero-order chi connectivity index (χ0) is 17.1. The fraction of sp³-hybridized carbons (Fsp3) is 0.421. The van der Waals surface area contributed by atoms with Crippen molar-refractivity contribution in [3.05, 3.63) is 35.4 Å². The first-order valence-electron chi connectivity index (χ1n) is 8.72. The Balaban J connectivity index is 1.39. The van der Waals surface area contributed by atoms with Crippen LogP contribution < -0.4 is 5.32 Å². The van der Waals surface area contributed by atoms with Gasteiger partial charge in [0.25, 0.3) is 0 Å². The molecular formula is C19H18N2O3S. The van der Waals surface area contributed by atoms with Crippen molar-refractivity contribution < 1.29 is 14.7 Å². The number of aromatic nitrogens is 1. The van der Waals surface area contributed by atoms with Gasteiger partial charge in [-0.3, -0.25) is 9.59 Å². The minimum Gasteiger partial charge on any atom is -0.481 e. The normalized spacial score (nSPS) is 30.1. The third kappa shape index (κ3) is 2.47. The quantitative estimate of drug-likeness (QED) is 0.822. The summed E-state index contributed by atoms with van der Waals surface area (Å²) >= 11 is 1.69. The Bertz CT molecular complexity index is 915. The predicted octanol–water partition coefficient (Wildman–Crippen LogP) is 3.64. The van der Waals surface area contributed by atoms with Crippen LogP contribution in [0.15, 0.2) is 30.4 Å². The number of fused-ring (bicyclic) bond motifs is 3. The first-order chi connectivity index (χ1) is 12.1. The van der Waals surface area contributed by atoms with E-state index in [0.29, 0.717) is 5.92 Å². The number of nitrogens with one attached hydrogen (secondary N) is 1. The van der Waals surface area contributed by atoms with Gasteiger partial charge in [-0.15, -0.1) is 11.3 Å². The van der Waals surface area contributed by atoms with Crippen molar-refractivity contribution in [3.8, 4) is 0 Å². The second-order valence-corrected chi connectivity index (χ2v) is 8.40. The number of carbonyl (C=O) groups is 2. The van der Waals surface area contributed by atoms with E-state index in [1.54, 1.807) is 11.3 Å². The van der Waals surface area contributed by atoms with Crippen LogP contribution in [0, 0.1) is 23.7 Å². The monoisotopic (exact) mass is 354 g/mol. The highest BCUT2D eigenvalue weighted by molar-refractivity contribution is 7.18. The lowest BCUT2D eigenvalue weighted by Gasteiger charge is -2.23. The zero-order valence-corrected chi connectivity index (χ0v) is 14.3. The number of hydrogen-bond acceptors (Lipinski definition) is 4. The van der Waals surface area contributed by atoms with Gasteiger partial charge in [0, 0.05) is 11.6 Å². The highest BCUT2D eigenvalue weighted by Gasteiger charge is 2.51. The second-order valence-electron chi connectivity index (χ2n) is 7.34. The van der Waals surface area contributed by atoms with E-state index in [0.717, 1.165) is 22.3 Å². The molecule has 2 bridgehead atoms. The Kier molecular flexibility index (Phi) is 3.25. The number of carbonyl (C=O) groups excluding carboxylic acids is 1. The van der Waals surface area contributed by atoms with Gasteiger partial charge in [-0.05, 0) is 49.3 Å². The average molecular weight is 354 g/mol. The minimum absolute atomic E-state index is 0.0108. The lowest BCUT2D eigenvalue weighted by molar-refractivity contribution is -0.146. The molecule has 0 aliphatic heterocycles. The first-order valence-corrected chi connectivity index (χ1v) is 9.54. The molecule has 0 saturated heterocycles. The molecule has 3 aliphatic carbocycles.